The van der Waals surface area contributed by atoms with Gasteiger partial charge in [-0.3, -0.25) is 4.98 Å². The zero-order chi connectivity index (χ0) is 44.8. The lowest BCUT2D eigenvalue weighted by Gasteiger charge is -2.24. The average Bonchev–Trinajstić information content (AvgIpc) is 3.53. The quantitative estimate of drug-likeness (QED) is 0.143. The molecule has 55 heavy (non-hydrogen) atoms. The van der Waals surface area contributed by atoms with Gasteiger partial charge in [0.15, 0.2) is 17.5 Å². The minimum absolute atomic E-state index is 0.256. The molecule has 0 radical (unpaired) electrons. The van der Waals surface area contributed by atoms with Crippen LogP contribution >= 0.6 is 0 Å². The number of benzene rings is 4. The van der Waals surface area contributed by atoms with Gasteiger partial charge >= 0.3 is 0 Å². The summed E-state index contributed by atoms with van der Waals surface area (Å²) in [5.41, 5.74) is 4.20. The van der Waals surface area contributed by atoms with Crippen LogP contribution < -0.4 is 20.7 Å². The van der Waals surface area contributed by atoms with Crippen LogP contribution in [0.25, 0.3) is 67.4 Å². The second kappa shape index (κ2) is 13.7. The number of aryl methyl sites for hydroxylation is 2. The molecule has 0 aliphatic heterocycles. The predicted molar refractivity (Wildman–Crippen MR) is 248 cm³/mol. The van der Waals surface area contributed by atoms with Crippen molar-refractivity contribution < 1.29 is 12.6 Å². The van der Waals surface area contributed by atoms with Gasteiger partial charge in [-0.2, -0.15) is 0 Å². The van der Waals surface area contributed by atoms with Crippen LogP contribution in [0, 0.1) is 13.7 Å². The smallest absolute Gasteiger partial charge is 0.164 e. The zero-order valence-corrected chi connectivity index (χ0v) is 38.3. The lowest BCUT2D eigenvalue weighted by atomic mass is 10.0. The Kier molecular flexibility index (Phi) is 7.95. The first kappa shape index (κ1) is 31.9. The van der Waals surface area contributed by atoms with Crippen molar-refractivity contribution in [2.75, 3.05) is 0 Å². The molecule has 3 aromatic heterocycles. The Bertz CT molecular complexity index is 2690. The van der Waals surface area contributed by atoms with Gasteiger partial charge in [0.05, 0.1) is 38.0 Å². The van der Waals surface area contributed by atoms with E-state index in [1.807, 2.05) is 36.4 Å². The monoisotopic (exact) mass is 798 g/mol. The van der Waals surface area contributed by atoms with Gasteiger partial charge < -0.3 is 4.42 Å². The molecule has 0 atom stereocenters. The van der Waals surface area contributed by atoms with Crippen molar-refractivity contribution in [3.8, 4) is 45.4 Å². The lowest BCUT2D eigenvalue weighted by Crippen LogP contribution is -2.45. The number of rotatable bonds is 8. The number of hydrogen-bond donors (Lipinski definition) is 0. The van der Waals surface area contributed by atoms with Crippen molar-refractivity contribution >= 4 is 75.0 Å². The van der Waals surface area contributed by atoms with Crippen molar-refractivity contribution in [3.63, 3.8) is 0 Å². The molecule has 282 valence electrons. The fourth-order valence-electron chi connectivity index (χ4n) is 6.75. The van der Waals surface area contributed by atoms with Crippen LogP contribution in [0.4, 0.5) is 0 Å². The molecule has 0 unspecified atom stereocenters. The van der Waals surface area contributed by atoms with Crippen molar-refractivity contribution in [1.29, 1.82) is 0 Å². The van der Waals surface area contributed by atoms with Gasteiger partial charge in [0.25, 0.3) is 0 Å². The third-order valence-electron chi connectivity index (χ3n) is 10.4. The number of nitrogens with zero attached hydrogens (tertiary/aromatic N) is 4. The first-order valence-corrected chi connectivity index (χ1v) is 33.0. The molecule has 0 saturated heterocycles. The van der Waals surface area contributed by atoms with E-state index in [0.717, 1.165) is 33.7 Å². The van der Waals surface area contributed by atoms with Gasteiger partial charge in [0.1, 0.15) is 11.2 Å². The third-order valence-corrected chi connectivity index (χ3v) is 18.5. The standard InChI is InChI=1S/C46H56N4OSi4/c1-29-20-41(47-28-30(29)2)40-17-15-16-39-38-19-18-31(25-42(38)51-43(39)40)44-48-45(32-21-34(52(3,4)5)26-35(22-32)53(6,7)8)50-46(49-44)33-23-36(54(9,10)11)27-37(24-33)55(12,13)14/h15-28H,1-14H3/i1D3,2D3. The molecule has 9 heteroatoms. The van der Waals surface area contributed by atoms with Crippen LogP contribution in [0.5, 0.6) is 0 Å². The fraction of sp³-hybridized carbons (Fsp3) is 0.304. The molecule has 0 aliphatic carbocycles. The maximum atomic E-state index is 8.12. The van der Waals surface area contributed by atoms with Crippen LogP contribution in [0.2, 0.25) is 78.6 Å². The number of para-hydroxylation sites is 1. The number of pyridine rings is 1. The molecular weight excluding hydrogens is 737 g/mol. The molecule has 7 rings (SSSR count). The molecule has 0 spiro atoms. The first-order chi connectivity index (χ1) is 28.0. The van der Waals surface area contributed by atoms with Gasteiger partial charge in [-0.15, -0.1) is 0 Å². The molecule has 4 aromatic carbocycles. The summed E-state index contributed by atoms with van der Waals surface area (Å²) in [4.78, 5) is 20.3. The number of fused-ring (bicyclic) bond motifs is 3. The topological polar surface area (TPSA) is 64.7 Å². The molecule has 0 bridgehead atoms. The summed E-state index contributed by atoms with van der Waals surface area (Å²) < 4.78 is 54.8. The summed E-state index contributed by atoms with van der Waals surface area (Å²) in [5, 5.41) is 7.18. The summed E-state index contributed by atoms with van der Waals surface area (Å²) in [7, 11) is -6.92. The molecule has 3 heterocycles. The minimum Gasteiger partial charge on any atom is -0.455 e. The van der Waals surface area contributed by atoms with Crippen LogP contribution in [0.3, 0.4) is 0 Å². The van der Waals surface area contributed by atoms with Gasteiger partial charge in [-0.1, -0.05) is 154 Å². The van der Waals surface area contributed by atoms with Crippen LogP contribution in [0.15, 0.2) is 89.5 Å². The van der Waals surface area contributed by atoms with E-state index in [9.17, 15) is 0 Å². The van der Waals surface area contributed by atoms with E-state index in [1.165, 1.54) is 26.8 Å². The summed E-state index contributed by atoms with van der Waals surface area (Å²) >= 11 is 0. The van der Waals surface area contributed by atoms with E-state index in [-0.39, 0.29) is 11.1 Å². The minimum atomic E-state index is -2.65. The maximum absolute atomic E-state index is 8.12. The molecule has 7 aromatic rings. The predicted octanol–water partition coefficient (Wildman–Crippen LogP) is 10.6. The largest absolute Gasteiger partial charge is 0.455 e. The van der Waals surface area contributed by atoms with Gasteiger partial charge in [-0.05, 0) is 49.1 Å². The summed E-state index contributed by atoms with van der Waals surface area (Å²) in [5.74, 6) is 1.81. The number of aromatic nitrogens is 4. The van der Waals surface area contributed by atoms with Gasteiger partial charge in [-0.25, -0.2) is 15.0 Å². The van der Waals surface area contributed by atoms with Gasteiger partial charge in [0, 0.05) is 47.4 Å². The molecule has 0 N–H and O–H groups in total. The molecule has 5 nitrogen and oxygen atoms in total. The zero-order valence-electron chi connectivity index (χ0n) is 40.3. The highest BCUT2D eigenvalue weighted by Crippen LogP contribution is 2.37. The SMILES string of the molecule is [2H]C([2H])([2H])c1cnc(-c2cccc3c2oc2cc(-c4nc(-c5cc([Si](C)(C)C)cc([Si](C)(C)C)c5)nc(-c5cc([Si](C)(C)C)cc([Si](C)(C)C)c5)n4)ccc23)cc1C([2H])([2H])[2H]. The highest BCUT2D eigenvalue weighted by atomic mass is 28.3. The van der Waals surface area contributed by atoms with E-state index >= 15 is 0 Å². The van der Waals surface area contributed by atoms with Crippen LogP contribution in [0.1, 0.15) is 19.4 Å². The second-order valence-electron chi connectivity index (χ2n) is 19.0. The summed E-state index contributed by atoms with van der Waals surface area (Å²) in [6, 6.07) is 27.0. The molecule has 0 fully saturated rings. The normalized spacial score (nSPS) is 15.0. The Morgan fingerprint density at radius 2 is 0.982 bits per heavy atom. The van der Waals surface area contributed by atoms with E-state index < -0.39 is 46.0 Å². The van der Waals surface area contributed by atoms with Crippen molar-refractivity contribution in [2.45, 2.75) is 92.3 Å². The second-order valence-corrected chi connectivity index (χ2v) is 39.3. The highest BCUT2D eigenvalue weighted by Gasteiger charge is 2.27. The van der Waals surface area contributed by atoms with Crippen molar-refractivity contribution in [1.82, 2.24) is 19.9 Å². The van der Waals surface area contributed by atoms with Crippen LogP contribution in [-0.2, 0) is 0 Å². The molecule has 0 saturated carbocycles. The molecule has 0 amide bonds. The first-order valence-electron chi connectivity index (χ1n) is 22.0. The van der Waals surface area contributed by atoms with Crippen LogP contribution in [-0.4, -0.2) is 52.2 Å². The maximum Gasteiger partial charge on any atom is 0.164 e. The Hall–Kier alpha value is -4.29. The molecule has 0 aliphatic rings. The molecular formula is C46H56N4OSi4. The summed E-state index contributed by atoms with van der Waals surface area (Å²) in [6.45, 7) is 23.3. The number of furan rings is 1. The van der Waals surface area contributed by atoms with Crippen molar-refractivity contribution in [3.05, 3.63) is 96.2 Å². The Morgan fingerprint density at radius 1 is 0.491 bits per heavy atom. The Balaban J connectivity index is 1.46. The Morgan fingerprint density at radius 3 is 1.45 bits per heavy atom. The third kappa shape index (κ3) is 7.90. The van der Waals surface area contributed by atoms with E-state index in [2.05, 4.69) is 120 Å². The van der Waals surface area contributed by atoms with Gasteiger partial charge in [0.2, 0.25) is 0 Å². The Labute approximate surface area is 340 Å². The lowest BCUT2D eigenvalue weighted by molar-refractivity contribution is 0.670. The van der Waals surface area contributed by atoms with E-state index in [4.69, 9.17) is 27.6 Å². The average molecular weight is 799 g/mol. The van der Waals surface area contributed by atoms with E-state index in [0.29, 0.717) is 39.9 Å². The van der Waals surface area contributed by atoms with E-state index in [1.54, 1.807) is 0 Å². The number of hydrogen-bond acceptors (Lipinski definition) is 5. The highest BCUT2D eigenvalue weighted by molar-refractivity contribution is 6.92. The fourth-order valence-corrected chi connectivity index (χ4v) is 11.7. The van der Waals surface area contributed by atoms with Crippen molar-refractivity contribution in [2.24, 2.45) is 0 Å². The summed E-state index contributed by atoms with van der Waals surface area (Å²) in [6.07, 6.45) is 1.15.